The minimum atomic E-state index is 0.143. The van der Waals surface area contributed by atoms with Gasteiger partial charge in [0.15, 0.2) is 0 Å². The van der Waals surface area contributed by atoms with E-state index in [1.807, 2.05) is 65.3 Å². The molecule has 1 saturated heterocycles. The van der Waals surface area contributed by atoms with Crippen molar-refractivity contribution in [3.63, 3.8) is 0 Å². The van der Waals surface area contributed by atoms with E-state index in [1.165, 1.54) is 5.56 Å². The number of hydrogen-bond donors (Lipinski definition) is 0. The Morgan fingerprint density at radius 1 is 0.769 bits per heavy atom. The van der Waals surface area contributed by atoms with Crippen LogP contribution in [0.4, 0.5) is 0 Å². The Bertz CT molecular complexity index is 758. The molecule has 26 heavy (non-hydrogen) atoms. The van der Waals surface area contributed by atoms with E-state index in [1.54, 1.807) is 0 Å². The first kappa shape index (κ1) is 18.2. The van der Waals surface area contributed by atoms with Crippen LogP contribution < -0.4 is 0 Å². The van der Waals surface area contributed by atoms with Crippen molar-refractivity contribution < 1.29 is 9.59 Å². The summed E-state index contributed by atoms with van der Waals surface area (Å²) in [7, 11) is 0. The first-order valence-electron chi connectivity index (χ1n) is 9.27. The molecule has 1 aliphatic heterocycles. The van der Waals surface area contributed by atoms with Gasteiger partial charge in [0.1, 0.15) is 0 Å². The number of nitrogens with zero attached hydrogens (tertiary/aromatic N) is 2. The zero-order chi connectivity index (χ0) is 18.4. The topological polar surface area (TPSA) is 40.6 Å². The Morgan fingerprint density at radius 3 is 1.96 bits per heavy atom. The Morgan fingerprint density at radius 2 is 1.35 bits per heavy atom. The SMILES string of the molecule is Cc1cccc(CC(=O)N2CCCN(C(=O)Cc3ccccc3)CC2)c1. The highest BCUT2D eigenvalue weighted by atomic mass is 16.2. The van der Waals surface area contributed by atoms with Gasteiger partial charge in [0.05, 0.1) is 12.8 Å². The monoisotopic (exact) mass is 350 g/mol. The molecule has 0 spiro atoms. The molecule has 0 aliphatic carbocycles. The number of aryl methyl sites for hydroxylation is 1. The lowest BCUT2D eigenvalue weighted by Crippen LogP contribution is -2.38. The van der Waals surface area contributed by atoms with Crippen LogP contribution in [-0.4, -0.2) is 47.8 Å². The minimum absolute atomic E-state index is 0.143. The number of hydrogen-bond acceptors (Lipinski definition) is 2. The molecule has 0 saturated carbocycles. The van der Waals surface area contributed by atoms with Gasteiger partial charge in [-0.15, -0.1) is 0 Å². The third-order valence-electron chi connectivity index (χ3n) is 4.84. The molecule has 1 aliphatic rings. The van der Waals surface area contributed by atoms with E-state index >= 15 is 0 Å². The predicted molar refractivity (Wildman–Crippen MR) is 103 cm³/mol. The summed E-state index contributed by atoms with van der Waals surface area (Å²) in [5, 5.41) is 0. The van der Waals surface area contributed by atoms with Crippen molar-refractivity contribution in [2.24, 2.45) is 0 Å². The zero-order valence-corrected chi connectivity index (χ0v) is 15.4. The molecular weight excluding hydrogens is 324 g/mol. The summed E-state index contributed by atoms with van der Waals surface area (Å²) in [6.07, 6.45) is 1.69. The van der Waals surface area contributed by atoms with Gasteiger partial charge in [-0.3, -0.25) is 9.59 Å². The quantitative estimate of drug-likeness (QED) is 0.851. The molecule has 3 rings (SSSR count). The van der Waals surface area contributed by atoms with E-state index in [2.05, 4.69) is 6.07 Å². The smallest absolute Gasteiger partial charge is 0.227 e. The molecule has 1 fully saturated rings. The molecule has 0 atom stereocenters. The van der Waals surface area contributed by atoms with Gasteiger partial charge in [0.25, 0.3) is 0 Å². The van der Waals surface area contributed by atoms with Gasteiger partial charge < -0.3 is 9.80 Å². The number of rotatable bonds is 4. The summed E-state index contributed by atoms with van der Waals surface area (Å²) in [5.41, 5.74) is 3.26. The molecule has 0 N–H and O–H groups in total. The maximum Gasteiger partial charge on any atom is 0.227 e. The maximum absolute atomic E-state index is 12.6. The Hall–Kier alpha value is -2.62. The molecule has 1 heterocycles. The van der Waals surface area contributed by atoms with Crippen molar-refractivity contribution in [2.45, 2.75) is 26.2 Å². The first-order chi connectivity index (χ1) is 12.6. The molecule has 0 bridgehead atoms. The second-order valence-electron chi connectivity index (χ2n) is 6.94. The Labute approximate surface area is 155 Å². The minimum Gasteiger partial charge on any atom is -0.341 e. The largest absolute Gasteiger partial charge is 0.341 e. The molecule has 2 aromatic rings. The lowest BCUT2D eigenvalue weighted by molar-refractivity contribution is -0.132. The van der Waals surface area contributed by atoms with Crippen LogP contribution in [0.5, 0.6) is 0 Å². The molecule has 0 unspecified atom stereocenters. The van der Waals surface area contributed by atoms with Gasteiger partial charge in [0.2, 0.25) is 11.8 Å². The Kier molecular flexibility index (Phi) is 6.05. The zero-order valence-electron chi connectivity index (χ0n) is 15.4. The van der Waals surface area contributed by atoms with Gasteiger partial charge in [0, 0.05) is 26.2 Å². The van der Waals surface area contributed by atoms with Gasteiger partial charge in [-0.1, -0.05) is 60.2 Å². The molecule has 0 radical (unpaired) electrons. The number of amides is 2. The summed E-state index contributed by atoms with van der Waals surface area (Å²) < 4.78 is 0. The second kappa shape index (κ2) is 8.65. The van der Waals surface area contributed by atoms with Crippen LogP contribution in [0.2, 0.25) is 0 Å². The van der Waals surface area contributed by atoms with E-state index in [9.17, 15) is 9.59 Å². The summed E-state index contributed by atoms with van der Waals surface area (Å²) in [4.78, 5) is 29.0. The van der Waals surface area contributed by atoms with Gasteiger partial charge in [-0.05, 0) is 24.5 Å². The standard InChI is InChI=1S/C22H26N2O2/c1-18-7-5-10-20(15-18)17-22(26)24-12-6-11-23(13-14-24)21(25)16-19-8-3-2-4-9-19/h2-5,7-10,15H,6,11-14,16-17H2,1H3. The van der Waals surface area contributed by atoms with Crippen LogP contribution >= 0.6 is 0 Å². The highest BCUT2D eigenvalue weighted by Crippen LogP contribution is 2.11. The molecule has 2 amide bonds. The third-order valence-corrected chi connectivity index (χ3v) is 4.84. The fourth-order valence-electron chi connectivity index (χ4n) is 3.41. The van der Waals surface area contributed by atoms with E-state index in [0.29, 0.717) is 25.9 Å². The van der Waals surface area contributed by atoms with Gasteiger partial charge in [-0.25, -0.2) is 0 Å². The van der Waals surface area contributed by atoms with Crippen LogP contribution in [0.1, 0.15) is 23.1 Å². The van der Waals surface area contributed by atoms with E-state index in [-0.39, 0.29) is 11.8 Å². The lowest BCUT2D eigenvalue weighted by atomic mass is 10.1. The number of benzene rings is 2. The van der Waals surface area contributed by atoms with E-state index < -0.39 is 0 Å². The molecule has 0 aromatic heterocycles. The summed E-state index contributed by atoms with van der Waals surface area (Å²) in [6.45, 7) is 4.71. The normalized spacial score (nSPS) is 14.8. The third kappa shape index (κ3) is 4.94. The average Bonchev–Trinajstić information content (AvgIpc) is 2.89. The maximum atomic E-state index is 12.6. The van der Waals surface area contributed by atoms with Crippen LogP contribution in [-0.2, 0) is 22.4 Å². The van der Waals surface area contributed by atoms with Gasteiger partial charge >= 0.3 is 0 Å². The summed E-state index contributed by atoms with van der Waals surface area (Å²) in [5.74, 6) is 0.289. The molecule has 4 nitrogen and oxygen atoms in total. The summed E-state index contributed by atoms with van der Waals surface area (Å²) >= 11 is 0. The van der Waals surface area contributed by atoms with Crippen molar-refractivity contribution in [3.05, 3.63) is 71.3 Å². The second-order valence-corrected chi connectivity index (χ2v) is 6.94. The highest BCUT2D eigenvalue weighted by Gasteiger charge is 2.22. The van der Waals surface area contributed by atoms with Crippen molar-refractivity contribution in [1.82, 2.24) is 9.80 Å². The fourth-order valence-corrected chi connectivity index (χ4v) is 3.41. The van der Waals surface area contributed by atoms with Gasteiger partial charge in [-0.2, -0.15) is 0 Å². The van der Waals surface area contributed by atoms with Crippen molar-refractivity contribution in [2.75, 3.05) is 26.2 Å². The van der Waals surface area contributed by atoms with Crippen LogP contribution in [0.3, 0.4) is 0 Å². The number of carbonyl (C=O) groups is 2. The first-order valence-corrected chi connectivity index (χ1v) is 9.27. The Balaban J connectivity index is 1.54. The average molecular weight is 350 g/mol. The van der Waals surface area contributed by atoms with Crippen molar-refractivity contribution in [3.8, 4) is 0 Å². The van der Waals surface area contributed by atoms with Crippen LogP contribution in [0.25, 0.3) is 0 Å². The van der Waals surface area contributed by atoms with Crippen LogP contribution in [0, 0.1) is 6.92 Å². The lowest BCUT2D eigenvalue weighted by Gasteiger charge is -2.22. The highest BCUT2D eigenvalue weighted by molar-refractivity contribution is 5.80. The van der Waals surface area contributed by atoms with Crippen LogP contribution in [0.15, 0.2) is 54.6 Å². The molecular formula is C22H26N2O2. The number of carbonyl (C=O) groups excluding carboxylic acids is 2. The van der Waals surface area contributed by atoms with E-state index in [0.717, 1.165) is 30.6 Å². The molecule has 4 heteroatoms. The molecule has 136 valence electrons. The van der Waals surface area contributed by atoms with E-state index in [4.69, 9.17) is 0 Å². The van der Waals surface area contributed by atoms with Crippen molar-refractivity contribution >= 4 is 11.8 Å². The summed E-state index contributed by atoms with van der Waals surface area (Å²) in [6, 6.07) is 17.9. The van der Waals surface area contributed by atoms with Crippen molar-refractivity contribution in [1.29, 1.82) is 0 Å². The fraction of sp³-hybridized carbons (Fsp3) is 0.364. The molecule has 2 aromatic carbocycles. The predicted octanol–water partition coefficient (Wildman–Crippen LogP) is 2.84.